The first kappa shape index (κ1) is 17.7. The number of halogens is 1. The van der Waals surface area contributed by atoms with Crippen molar-refractivity contribution in [3.63, 3.8) is 0 Å². The molecule has 24 heavy (non-hydrogen) atoms. The van der Waals surface area contributed by atoms with E-state index < -0.39 is 0 Å². The summed E-state index contributed by atoms with van der Waals surface area (Å²) < 4.78 is 12.1. The molecule has 1 aliphatic rings. The van der Waals surface area contributed by atoms with Gasteiger partial charge in [0.05, 0.1) is 26.4 Å². The van der Waals surface area contributed by atoms with E-state index >= 15 is 0 Å². The molecule has 0 N–H and O–H groups in total. The molecule has 0 spiro atoms. The smallest absolute Gasteiger partial charge is 0.0717 e. The molecule has 1 unspecified atom stereocenters. The predicted octanol–water partition coefficient (Wildman–Crippen LogP) is 5.35. The van der Waals surface area contributed by atoms with Gasteiger partial charge in [0.2, 0.25) is 0 Å². The second-order valence-corrected chi connectivity index (χ2v) is 8.09. The zero-order valence-electron chi connectivity index (χ0n) is 14.0. The Hall–Kier alpha value is -1.16. The van der Waals surface area contributed by atoms with Crippen LogP contribution in [0.25, 0.3) is 0 Å². The van der Waals surface area contributed by atoms with Crippen molar-refractivity contribution in [2.24, 2.45) is 5.41 Å². The van der Waals surface area contributed by atoms with Crippen LogP contribution in [0.3, 0.4) is 0 Å². The predicted molar refractivity (Wildman–Crippen MR) is 101 cm³/mol. The molecule has 0 amide bonds. The van der Waals surface area contributed by atoms with Crippen molar-refractivity contribution in [2.75, 3.05) is 13.2 Å². The summed E-state index contributed by atoms with van der Waals surface area (Å²) in [5.41, 5.74) is 2.59. The van der Waals surface area contributed by atoms with Crippen LogP contribution in [0, 0.1) is 5.41 Å². The van der Waals surface area contributed by atoms with Gasteiger partial charge in [-0.05, 0) is 30.4 Å². The van der Waals surface area contributed by atoms with E-state index in [9.17, 15) is 0 Å². The molecule has 2 aromatic rings. The number of hydrogen-bond acceptors (Lipinski definition) is 2. The van der Waals surface area contributed by atoms with Gasteiger partial charge in [0.15, 0.2) is 0 Å². The first-order chi connectivity index (χ1) is 11.8. The number of rotatable bonds is 8. The van der Waals surface area contributed by atoms with Crippen LogP contribution in [0.1, 0.15) is 30.4 Å². The summed E-state index contributed by atoms with van der Waals surface area (Å²) in [6, 6.07) is 20.7. The molecule has 1 atom stereocenters. The van der Waals surface area contributed by atoms with Gasteiger partial charge in [-0.2, -0.15) is 0 Å². The van der Waals surface area contributed by atoms with Crippen LogP contribution < -0.4 is 0 Å². The number of hydrogen-bond donors (Lipinski definition) is 0. The van der Waals surface area contributed by atoms with Crippen molar-refractivity contribution in [2.45, 2.75) is 37.3 Å². The second-order valence-electron chi connectivity index (χ2n) is 6.80. The molecule has 0 aliphatic heterocycles. The van der Waals surface area contributed by atoms with Gasteiger partial charge in [0.1, 0.15) is 0 Å². The highest BCUT2D eigenvalue weighted by Crippen LogP contribution is 2.42. The molecule has 0 aromatic heterocycles. The third-order valence-corrected chi connectivity index (χ3v) is 5.46. The minimum Gasteiger partial charge on any atom is -0.376 e. The van der Waals surface area contributed by atoms with Crippen molar-refractivity contribution in [1.29, 1.82) is 0 Å². The van der Waals surface area contributed by atoms with E-state index in [2.05, 4.69) is 64.5 Å². The lowest BCUT2D eigenvalue weighted by atomic mass is 9.88. The van der Waals surface area contributed by atoms with Crippen LogP contribution in [0.15, 0.2) is 60.7 Å². The first-order valence-corrected chi connectivity index (χ1v) is 9.55. The highest BCUT2D eigenvalue weighted by molar-refractivity contribution is 9.09. The summed E-state index contributed by atoms with van der Waals surface area (Å²) in [5, 5.41) is 0. The first-order valence-electron chi connectivity index (χ1n) is 8.63. The average molecular weight is 389 g/mol. The van der Waals surface area contributed by atoms with Gasteiger partial charge in [-0.25, -0.2) is 0 Å². The molecule has 2 aromatic carbocycles. The third-order valence-electron chi connectivity index (χ3n) is 4.68. The summed E-state index contributed by atoms with van der Waals surface area (Å²) in [5.74, 6) is 0. The quantitative estimate of drug-likeness (QED) is 0.567. The normalized spacial score (nSPS) is 19.5. The Balaban J connectivity index is 1.50. The van der Waals surface area contributed by atoms with E-state index in [0.717, 1.165) is 26.1 Å². The van der Waals surface area contributed by atoms with Crippen LogP contribution in [0.4, 0.5) is 0 Å². The Bertz CT molecular complexity index is 554. The SMILES string of the molecule is BrC1CCC(COCc2ccccc2)(COCc2ccccc2)C1. The summed E-state index contributed by atoms with van der Waals surface area (Å²) in [6.07, 6.45) is 3.48. The molecule has 2 nitrogen and oxygen atoms in total. The molecule has 0 heterocycles. The topological polar surface area (TPSA) is 18.5 Å². The second kappa shape index (κ2) is 8.80. The lowest BCUT2D eigenvalue weighted by Crippen LogP contribution is -2.30. The molecule has 1 aliphatic carbocycles. The van der Waals surface area contributed by atoms with Crippen molar-refractivity contribution in [3.05, 3.63) is 71.8 Å². The van der Waals surface area contributed by atoms with E-state index in [0.29, 0.717) is 18.0 Å². The fourth-order valence-electron chi connectivity index (χ4n) is 3.36. The van der Waals surface area contributed by atoms with Crippen LogP contribution in [-0.4, -0.2) is 18.0 Å². The van der Waals surface area contributed by atoms with Crippen LogP contribution >= 0.6 is 15.9 Å². The Morgan fingerprint density at radius 1 is 0.833 bits per heavy atom. The van der Waals surface area contributed by atoms with E-state index in [4.69, 9.17) is 9.47 Å². The van der Waals surface area contributed by atoms with Gasteiger partial charge in [-0.15, -0.1) is 0 Å². The van der Waals surface area contributed by atoms with Crippen molar-refractivity contribution >= 4 is 15.9 Å². The lowest BCUT2D eigenvalue weighted by molar-refractivity contribution is -0.0294. The van der Waals surface area contributed by atoms with Gasteiger partial charge in [-0.1, -0.05) is 76.6 Å². The maximum atomic E-state index is 6.06. The zero-order valence-corrected chi connectivity index (χ0v) is 15.6. The maximum absolute atomic E-state index is 6.06. The molecule has 128 valence electrons. The highest BCUT2D eigenvalue weighted by Gasteiger charge is 2.38. The fraction of sp³-hybridized carbons (Fsp3) is 0.429. The molecule has 0 radical (unpaired) electrons. The summed E-state index contributed by atoms with van der Waals surface area (Å²) >= 11 is 3.78. The van der Waals surface area contributed by atoms with E-state index in [-0.39, 0.29) is 5.41 Å². The number of benzene rings is 2. The number of ether oxygens (including phenoxy) is 2. The highest BCUT2D eigenvalue weighted by atomic mass is 79.9. The minimum atomic E-state index is 0.137. The van der Waals surface area contributed by atoms with E-state index in [1.165, 1.54) is 17.5 Å². The Labute approximate surface area is 153 Å². The van der Waals surface area contributed by atoms with Crippen LogP contribution in [0.2, 0.25) is 0 Å². The molecular weight excluding hydrogens is 364 g/mol. The summed E-state index contributed by atoms with van der Waals surface area (Å²) in [4.78, 5) is 0.582. The van der Waals surface area contributed by atoms with Gasteiger partial charge < -0.3 is 9.47 Å². The Morgan fingerprint density at radius 2 is 1.33 bits per heavy atom. The van der Waals surface area contributed by atoms with E-state index in [1.54, 1.807) is 0 Å². The maximum Gasteiger partial charge on any atom is 0.0717 e. The van der Waals surface area contributed by atoms with Crippen LogP contribution in [-0.2, 0) is 22.7 Å². The summed E-state index contributed by atoms with van der Waals surface area (Å²) in [7, 11) is 0. The van der Waals surface area contributed by atoms with Gasteiger partial charge >= 0.3 is 0 Å². The summed E-state index contributed by atoms with van der Waals surface area (Å²) in [6.45, 7) is 2.88. The Morgan fingerprint density at radius 3 is 1.75 bits per heavy atom. The van der Waals surface area contributed by atoms with E-state index in [1.807, 2.05) is 12.1 Å². The molecular formula is C21H25BrO2. The van der Waals surface area contributed by atoms with Gasteiger partial charge in [0.25, 0.3) is 0 Å². The minimum absolute atomic E-state index is 0.137. The lowest BCUT2D eigenvalue weighted by Gasteiger charge is -2.29. The van der Waals surface area contributed by atoms with Crippen molar-refractivity contribution in [3.8, 4) is 0 Å². The molecule has 1 saturated carbocycles. The fourth-order valence-corrected chi connectivity index (χ4v) is 4.28. The monoisotopic (exact) mass is 388 g/mol. The standard InChI is InChI=1S/C21H25BrO2/c22-20-11-12-21(13-20,16-23-14-18-7-3-1-4-8-18)17-24-15-19-9-5-2-6-10-19/h1-10,20H,11-17H2. The average Bonchev–Trinajstić information content (AvgIpc) is 2.98. The Kier molecular flexibility index (Phi) is 6.47. The molecule has 1 fully saturated rings. The molecule has 0 bridgehead atoms. The third kappa shape index (κ3) is 5.17. The molecule has 3 heteroatoms. The van der Waals surface area contributed by atoms with Crippen molar-refractivity contribution in [1.82, 2.24) is 0 Å². The van der Waals surface area contributed by atoms with Crippen LogP contribution in [0.5, 0.6) is 0 Å². The van der Waals surface area contributed by atoms with Crippen molar-refractivity contribution < 1.29 is 9.47 Å². The molecule has 3 rings (SSSR count). The molecule has 0 saturated heterocycles. The largest absolute Gasteiger partial charge is 0.376 e. The van der Waals surface area contributed by atoms with Gasteiger partial charge in [-0.3, -0.25) is 0 Å². The zero-order chi connectivity index (χ0) is 16.7. The van der Waals surface area contributed by atoms with Gasteiger partial charge in [0, 0.05) is 10.2 Å². The number of alkyl halides is 1.